The number of nitrogens with one attached hydrogen (secondary N) is 2. The van der Waals surface area contributed by atoms with Crippen molar-refractivity contribution in [2.75, 3.05) is 26.9 Å². The lowest BCUT2D eigenvalue weighted by Gasteiger charge is -2.15. The minimum absolute atomic E-state index is 0.277. The molecule has 1 rings (SSSR count). The van der Waals surface area contributed by atoms with Crippen LogP contribution in [0.15, 0.2) is 29.4 Å². The van der Waals surface area contributed by atoms with E-state index < -0.39 is 8.07 Å². The summed E-state index contributed by atoms with van der Waals surface area (Å²) in [5, 5.41) is 6.74. The summed E-state index contributed by atoms with van der Waals surface area (Å²) in [6.07, 6.45) is 2.61. The zero-order valence-corrected chi connectivity index (χ0v) is 16.1. The van der Waals surface area contributed by atoms with Crippen LogP contribution in [0.4, 0.5) is 4.79 Å². The van der Waals surface area contributed by atoms with Crippen LogP contribution in [0.2, 0.25) is 25.7 Å². The first kappa shape index (κ1) is 20.2. The van der Waals surface area contributed by atoms with Gasteiger partial charge in [0.2, 0.25) is 0 Å². The Morgan fingerprint density at radius 1 is 1.21 bits per heavy atom. The molecule has 0 heterocycles. The number of hydrogen-bond acceptors (Lipinski definition) is 4. The highest BCUT2D eigenvalue weighted by Gasteiger charge is 2.11. The molecule has 0 aliphatic carbocycles. The summed E-state index contributed by atoms with van der Waals surface area (Å²) in [4.78, 5) is 11.6. The van der Waals surface area contributed by atoms with E-state index in [1.165, 1.54) is 6.04 Å². The van der Waals surface area contributed by atoms with E-state index in [2.05, 4.69) is 35.5 Å². The molecule has 2 amide bonds. The van der Waals surface area contributed by atoms with E-state index in [1.54, 1.807) is 13.3 Å². The molecule has 0 radical (unpaired) electrons. The largest absolute Gasteiger partial charge is 0.491 e. The van der Waals surface area contributed by atoms with Gasteiger partial charge in [-0.25, -0.2) is 10.2 Å². The van der Waals surface area contributed by atoms with Gasteiger partial charge in [-0.15, -0.1) is 0 Å². The van der Waals surface area contributed by atoms with Crippen LogP contribution in [0.25, 0.3) is 0 Å². The van der Waals surface area contributed by atoms with Gasteiger partial charge >= 0.3 is 6.03 Å². The fourth-order valence-corrected chi connectivity index (χ4v) is 3.16. The lowest BCUT2D eigenvalue weighted by Crippen LogP contribution is -2.33. The van der Waals surface area contributed by atoms with E-state index in [4.69, 9.17) is 9.47 Å². The van der Waals surface area contributed by atoms with Gasteiger partial charge in [-0.3, -0.25) is 0 Å². The Bertz CT molecular complexity index is 513. The molecule has 0 aliphatic heterocycles. The average molecular weight is 352 g/mol. The highest BCUT2D eigenvalue weighted by Crippen LogP contribution is 2.11. The first-order chi connectivity index (χ1) is 11.4. The third-order valence-corrected chi connectivity index (χ3v) is 5.06. The summed E-state index contributed by atoms with van der Waals surface area (Å²) in [6.45, 7) is 8.73. The lowest BCUT2D eigenvalue weighted by atomic mass is 10.2. The number of rotatable bonds is 10. The molecule has 0 saturated heterocycles. The van der Waals surface area contributed by atoms with Crippen LogP contribution in [0.1, 0.15) is 12.0 Å². The number of ether oxygens (including phenoxy) is 2. The zero-order chi connectivity index (χ0) is 17.8. The summed E-state index contributed by atoms with van der Waals surface area (Å²) in [5.41, 5.74) is 3.35. The Labute approximate surface area is 145 Å². The molecule has 0 spiro atoms. The van der Waals surface area contributed by atoms with Gasteiger partial charge in [0.15, 0.2) is 0 Å². The minimum atomic E-state index is -1.03. The number of methoxy groups -OCH3 is 1. The van der Waals surface area contributed by atoms with E-state index in [1.807, 2.05) is 24.3 Å². The molecular weight excluding hydrogens is 322 g/mol. The van der Waals surface area contributed by atoms with Crippen LogP contribution < -0.4 is 15.5 Å². The van der Waals surface area contributed by atoms with Gasteiger partial charge in [0.1, 0.15) is 12.4 Å². The maximum Gasteiger partial charge on any atom is 0.335 e. The van der Waals surface area contributed by atoms with Crippen molar-refractivity contribution in [3.8, 4) is 5.75 Å². The average Bonchev–Trinajstić information content (AvgIpc) is 2.52. The zero-order valence-electron chi connectivity index (χ0n) is 15.1. The molecule has 0 bridgehead atoms. The van der Waals surface area contributed by atoms with Crippen molar-refractivity contribution in [1.82, 2.24) is 10.7 Å². The molecule has 24 heavy (non-hydrogen) atoms. The second-order valence-electron chi connectivity index (χ2n) is 6.70. The quantitative estimate of drug-likeness (QED) is 0.294. The number of hydrogen-bond donors (Lipinski definition) is 2. The monoisotopic (exact) mass is 351 g/mol. The number of carbonyl (C=O) groups is 1. The van der Waals surface area contributed by atoms with Gasteiger partial charge in [0.05, 0.1) is 12.8 Å². The van der Waals surface area contributed by atoms with Crippen molar-refractivity contribution < 1.29 is 14.3 Å². The summed E-state index contributed by atoms with van der Waals surface area (Å²) in [7, 11) is 0.604. The van der Waals surface area contributed by atoms with Crippen molar-refractivity contribution >= 4 is 20.3 Å². The molecule has 1 aromatic carbocycles. The van der Waals surface area contributed by atoms with Crippen molar-refractivity contribution in [1.29, 1.82) is 0 Å². The Morgan fingerprint density at radius 2 is 1.92 bits per heavy atom. The number of amides is 2. The summed E-state index contributed by atoms with van der Waals surface area (Å²) >= 11 is 0. The van der Waals surface area contributed by atoms with Gasteiger partial charge in [-0.1, -0.05) is 25.7 Å². The Morgan fingerprint density at radius 3 is 2.54 bits per heavy atom. The van der Waals surface area contributed by atoms with Crippen molar-refractivity contribution in [3.05, 3.63) is 29.8 Å². The van der Waals surface area contributed by atoms with Gasteiger partial charge in [0, 0.05) is 21.7 Å². The van der Waals surface area contributed by atoms with E-state index in [-0.39, 0.29) is 6.03 Å². The predicted molar refractivity (Wildman–Crippen MR) is 101 cm³/mol. The molecule has 2 N–H and O–H groups in total. The molecule has 0 aliphatic rings. The molecule has 0 fully saturated rings. The van der Waals surface area contributed by atoms with E-state index in [0.29, 0.717) is 19.8 Å². The molecule has 0 saturated carbocycles. The topological polar surface area (TPSA) is 72.0 Å². The summed E-state index contributed by atoms with van der Waals surface area (Å²) in [6, 6.07) is 8.38. The smallest absolute Gasteiger partial charge is 0.335 e. The number of carbonyl (C=O) groups excluding carboxylic acids is 1. The first-order valence-corrected chi connectivity index (χ1v) is 11.9. The highest BCUT2D eigenvalue weighted by atomic mass is 28.3. The lowest BCUT2D eigenvalue weighted by molar-refractivity contribution is 0.146. The van der Waals surface area contributed by atoms with Crippen molar-refractivity contribution in [3.63, 3.8) is 0 Å². The van der Waals surface area contributed by atoms with Crippen LogP contribution >= 0.6 is 0 Å². The van der Waals surface area contributed by atoms with Crippen LogP contribution in [-0.4, -0.2) is 47.2 Å². The van der Waals surface area contributed by atoms with E-state index >= 15 is 0 Å². The molecule has 7 heteroatoms. The fourth-order valence-electron chi connectivity index (χ4n) is 1.92. The van der Waals surface area contributed by atoms with Crippen molar-refractivity contribution in [2.45, 2.75) is 32.1 Å². The molecule has 134 valence electrons. The SMILES string of the molecule is COCCOc1ccc(/C=N\NC(=O)NCCC[Si](C)(C)C)cc1. The van der Waals surface area contributed by atoms with Crippen LogP contribution in [0.3, 0.4) is 0 Å². The van der Waals surface area contributed by atoms with Gasteiger partial charge in [-0.05, 0) is 36.2 Å². The van der Waals surface area contributed by atoms with Crippen LogP contribution in [-0.2, 0) is 4.74 Å². The highest BCUT2D eigenvalue weighted by molar-refractivity contribution is 6.76. The van der Waals surface area contributed by atoms with Gasteiger partial charge in [0.25, 0.3) is 0 Å². The maximum absolute atomic E-state index is 11.6. The third kappa shape index (κ3) is 10.0. The maximum atomic E-state index is 11.6. The first-order valence-electron chi connectivity index (χ1n) is 8.19. The third-order valence-electron chi connectivity index (χ3n) is 3.21. The van der Waals surface area contributed by atoms with Gasteiger partial charge in [-0.2, -0.15) is 5.10 Å². The Kier molecular flexibility index (Phi) is 9.10. The van der Waals surface area contributed by atoms with E-state index in [9.17, 15) is 4.79 Å². The van der Waals surface area contributed by atoms with Crippen molar-refractivity contribution in [2.24, 2.45) is 5.10 Å². The Hall–Kier alpha value is -1.86. The summed E-state index contributed by atoms with van der Waals surface area (Å²) < 4.78 is 10.4. The number of benzene rings is 1. The molecule has 0 unspecified atom stereocenters. The number of hydrazone groups is 1. The molecular formula is C17H29N3O3Si. The van der Waals surface area contributed by atoms with Gasteiger partial charge < -0.3 is 14.8 Å². The van der Waals surface area contributed by atoms with Crippen LogP contribution in [0.5, 0.6) is 5.75 Å². The summed E-state index contributed by atoms with van der Waals surface area (Å²) in [5.74, 6) is 0.775. The Balaban J connectivity index is 2.24. The predicted octanol–water partition coefficient (Wildman–Crippen LogP) is 3.07. The second-order valence-corrected chi connectivity index (χ2v) is 12.3. The van der Waals surface area contributed by atoms with E-state index in [0.717, 1.165) is 17.7 Å². The molecule has 0 atom stereocenters. The molecule has 1 aromatic rings. The number of urea groups is 1. The molecule has 0 aromatic heterocycles. The normalized spacial score (nSPS) is 11.5. The second kappa shape index (κ2) is 10.8. The standard InChI is InChI=1S/C17H29N3O3Si/c1-22-11-12-23-16-8-6-15(7-9-16)14-19-20-17(21)18-10-5-13-24(2,3)4/h6-9,14H,5,10-13H2,1-4H3,(H2,18,20,21)/b19-14-. The number of nitrogens with zero attached hydrogens (tertiary/aromatic N) is 1. The molecule has 6 nitrogen and oxygen atoms in total. The van der Waals surface area contributed by atoms with Crippen LogP contribution in [0, 0.1) is 0 Å². The fraction of sp³-hybridized carbons (Fsp3) is 0.529. The minimum Gasteiger partial charge on any atom is -0.491 e.